The monoisotopic (exact) mass is 140 g/mol. The molecule has 1 N–H and O–H groups in total. The fourth-order valence-electron chi connectivity index (χ4n) is 0.106. The van der Waals surface area contributed by atoms with E-state index in [2.05, 4.69) is 4.74 Å². The second-order valence-electron chi connectivity index (χ2n) is 0.781. The standard InChI is InChI=1S/C3H2ClFO3/c4-2(1-5)8-3(6)7/h1H,(H,6,7). The highest BCUT2D eigenvalue weighted by Crippen LogP contribution is 2.02. The van der Waals surface area contributed by atoms with Crippen LogP contribution in [0.1, 0.15) is 0 Å². The Balaban J connectivity index is 3.56. The van der Waals surface area contributed by atoms with Crippen LogP contribution in [0.25, 0.3) is 0 Å². The minimum Gasteiger partial charge on any atom is -0.449 e. The van der Waals surface area contributed by atoms with Gasteiger partial charge in [-0.1, -0.05) is 0 Å². The van der Waals surface area contributed by atoms with E-state index in [0.717, 1.165) is 0 Å². The molecule has 0 radical (unpaired) electrons. The lowest BCUT2D eigenvalue weighted by molar-refractivity contribution is 0.123. The maximum Gasteiger partial charge on any atom is 0.512 e. The van der Waals surface area contributed by atoms with Gasteiger partial charge in [-0.2, -0.15) is 0 Å². The van der Waals surface area contributed by atoms with E-state index in [9.17, 15) is 9.18 Å². The summed E-state index contributed by atoms with van der Waals surface area (Å²) in [4.78, 5) is 9.45. The van der Waals surface area contributed by atoms with Crippen molar-refractivity contribution in [3.63, 3.8) is 0 Å². The molecule has 0 fully saturated rings. The molecule has 3 nitrogen and oxygen atoms in total. The molecular weight excluding hydrogens is 138 g/mol. The smallest absolute Gasteiger partial charge is 0.449 e. The van der Waals surface area contributed by atoms with Gasteiger partial charge in [-0.25, -0.2) is 9.18 Å². The van der Waals surface area contributed by atoms with Gasteiger partial charge in [0.15, 0.2) is 0 Å². The van der Waals surface area contributed by atoms with Gasteiger partial charge in [-0.05, 0) is 11.6 Å². The quantitative estimate of drug-likeness (QED) is 0.445. The van der Waals surface area contributed by atoms with Gasteiger partial charge in [0.2, 0.25) is 5.22 Å². The first-order valence-corrected chi connectivity index (χ1v) is 1.91. The Kier molecular flexibility index (Phi) is 2.95. The van der Waals surface area contributed by atoms with Crippen molar-refractivity contribution in [2.75, 3.05) is 0 Å². The predicted octanol–water partition coefficient (Wildman–Crippen LogP) is 1.69. The molecule has 0 aliphatic carbocycles. The topological polar surface area (TPSA) is 46.5 Å². The molecule has 0 aromatic carbocycles. The van der Waals surface area contributed by atoms with Gasteiger partial charge in [-0.3, -0.25) is 0 Å². The highest BCUT2D eigenvalue weighted by molar-refractivity contribution is 6.28. The SMILES string of the molecule is O=C(O)OC(Cl)=CF. The average molecular weight is 140 g/mol. The minimum atomic E-state index is -1.64. The summed E-state index contributed by atoms with van der Waals surface area (Å²) in [6.07, 6.45) is -1.79. The van der Waals surface area contributed by atoms with Crippen LogP contribution in [0.5, 0.6) is 0 Å². The molecule has 0 rings (SSSR count). The maximum atomic E-state index is 11.1. The lowest BCUT2D eigenvalue weighted by Crippen LogP contribution is -1.94. The van der Waals surface area contributed by atoms with Crippen LogP contribution >= 0.6 is 11.6 Å². The van der Waals surface area contributed by atoms with Gasteiger partial charge in [0.25, 0.3) is 0 Å². The summed E-state index contributed by atoms with van der Waals surface area (Å²) in [5, 5.41) is 6.91. The van der Waals surface area contributed by atoms with Crippen LogP contribution in [0.3, 0.4) is 0 Å². The first kappa shape index (κ1) is 7.23. The van der Waals surface area contributed by atoms with Crippen molar-refractivity contribution >= 4 is 17.8 Å². The number of halogens is 2. The molecule has 0 unspecified atom stereocenters. The van der Waals surface area contributed by atoms with Crippen LogP contribution in [0.2, 0.25) is 0 Å². The van der Waals surface area contributed by atoms with E-state index in [1.54, 1.807) is 0 Å². The molecule has 8 heavy (non-hydrogen) atoms. The Hall–Kier alpha value is -0.770. The molecule has 0 aliphatic heterocycles. The highest BCUT2D eigenvalue weighted by atomic mass is 35.5. The van der Waals surface area contributed by atoms with Crippen molar-refractivity contribution in [2.24, 2.45) is 0 Å². The molecular formula is C3H2ClFO3. The average Bonchev–Trinajstić information content (AvgIpc) is 1.65. The van der Waals surface area contributed by atoms with Crippen molar-refractivity contribution in [1.29, 1.82) is 0 Å². The molecule has 0 heterocycles. The lowest BCUT2D eigenvalue weighted by atomic mass is 11.1. The van der Waals surface area contributed by atoms with Crippen molar-refractivity contribution in [2.45, 2.75) is 0 Å². The molecule has 0 atom stereocenters. The number of carbonyl (C=O) groups is 1. The summed E-state index contributed by atoms with van der Waals surface area (Å²) in [6.45, 7) is 0. The molecule has 0 aliphatic rings. The Labute approximate surface area is 49.3 Å². The number of ether oxygens (including phenoxy) is 1. The van der Waals surface area contributed by atoms with E-state index in [0.29, 0.717) is 0 Å². The molecule has 46 valence electrons. The Morgan fingerprint density at radius 2 is 2.38 bits per heavy atom. The van der Waals surface area contributed by atoms with E-state index >= 15 is 0 Å². The van der Waals surface area contributed by atoms with Crippen LogP contribution in [-0.4, -0.2) is 11.3 Å². The summed E-state index contributed by atoms with van der Waals surface area (Å²) in [5.74, 6) is 0. The van der Waals surface area contributed by atoms with E-state index in [1.165, 1.54) is 0 Å². The van der Waals surface area contributed by atoms with E-state index in [-0.39, 0.29) is 6.33 Å². The summed E-state index contributed by atoms with van der Waals surface area (Å²) in [7, 11) is 0. The van der Waals surface area contributed by atoms with Crippen molar-refractivity contribution in [3.05, 3.63) is 11.5 Å². The number of rotatable bonds is 1. The third kappa shape index (κ3) is 3.42. The van der Waals surface area contributed by atoms with Gasteiger partial charge in [-0.15, -0.1) is 0 Å². The predicted molar refractivity (Wildman–Crippen MR) is 24.2 cm³/mol. The molecule has 0 spiro atoms. The molecule has 5 heteroatoms. The van der Waals surface area contributed by atoms with Crippen molar-refractivity contribution in [3.8, 4) is 0 Å². The van der Waals surface area contributed by atoms with Gasteiger partial charge in [0, 0.05) is 0 Å². The Bertz CT molecular complexity index is 122. The second kappa shape index (κ2) is 3.26. The van der Waals surface area contributed by atoms with Crippen LogP contribution in [0.4, 0.5) is 9.18 Å². The fourth-order valence-corrected chi connectivity index (χ4v) is 0.172. The van der Waals surface area contributed by atoms with Crippen LogP contribution in [0.15, 0.2) is 11.5 Å². The Morgan fingerprint density at radius 1 is 1.88 bits per heavy atom. The zero-order chi connectivity index (χ0) is 6.57. The highest BCUT2D eigenvalue weighted by Gasteiger charge is 1.98. The summed E-state index contributed by atoms with van der Waals surface area (Å²) >= 11 is 4.74. The molecule has 0 saturated carbocycles. The normalized spacial score (nSPS) is 11.0. The third-order valence-corrected chi connectivity index (χ3v) is 0.430. The van der Waals surface area contributed by atoms with Crippen LogP contribution in [-0.2, 0) is 4.74 Å². The van der Waals surface area contributed by atoms with E-state index in [4.69, 9.17) is 16.7 Å². The first-order valence-electron chi connectivity index (χ1n) is 1.53. The summed E-state index contributed by atoms with van der Waals surface area (Å²) in [5.41, 5.74) is 0. The summed E-state index contributed by atoms with van der Waals surface area (Å²) in [6, 6.07) is 0. The zero-order valence-corrected chi connectivity index (χ0v) is 4.35. The van der Waals surface area contributed by atoms with Crippen molar-refractivity contribution < 1.29 is 19.0 Å². The van der Waals surface area contributed by atoms with Gasteiger partial charge in [0.1, 0.15) is 6.33 Å². The van der Waals surface area contributed by atoms with E-state index < -0.39 is 11.4 Å². The number of hydrogen-bond donors (Lipinski definition) is 1. The molecule has 0 saturated heterocycles. The number of carboxylic acid groups (broad SMARTS) is 1. The number of hydrogen-bond acceptors (Lipinski definition) is 2. The van der Waals surface area contributed by atoms with Crippen molar-refractivity contribution in [1.82, 2.24) is 0 Å². The van der Waals surface area contributed by atoms with Gasteiger partial charge < -0.3 is 9.84 Å². The maximum absolute atomic E-state index is 11.1. The van der Waals surface area contributed by atoms with Crippen LogP contribution < -0.4 is 0 Å². The largest absolute Gasteiger partial charge is 0.512 e. The first-order chi connectivity index (χ1) is 3.66. The zero-order valence-electron chi connectivity index (χ0n) is 3.60. The molecule has 0 aromatic rings. The summed E-state index contributed by atoms with van der Waals surface area (Å²) < 4.78 is 14.6. The lowest BCUT2D eigenvalue weighted by Gasteiger charge is -1.89. The molecule has 0 aromatic heterocycles. The fraction of sp³-hybridized carbons (Fsp3) is 0. The van der Waals surface area contributed by atoms with Gasteiger partial charge >= 0.3 is 6.16 Å². The van der Waals surface area contributed by atoms with E-state index in [1.807, 2.05) is 0 Å². The molecule has 0 amide bonds. The van der Waals surface area contributed by atoms with Gasteiger partial charge in [0.05, 0.1) is 0 Å². The third-order valence-electron chi connectivity index (χ3n) is 0.271. The second-order valence-corrected chi connectivity index (χ2v) is 1.15. The van der Waals surface area contributed by atoms with Crippen LogP contribution in [0, 0.1) is 0 Å². The molecule has 0 bridgehead atoms. The Morgan fingerprint density at radius 3 is 2.50 bits per heavy atom. The minimum absolute atomic E-state index is 0.157.